The number of para-hydroxylation sites is 2. The van der Waals surface area contributed by atoms with Crippen molar-refractivity contribution in [3.05, 3.63) is 59.1 Å². The zero-order valence-electron chi connectivity index (χ0n) is 17.0. The first-order valence-electron chi connectivity index (χ1n) is 9.67. The van der Waals surface area contributed by atoms with Gasteiger partial charge in [0.05, 0.1) is 17.1 Å². The van der Waals surface area contributed by atoms with Crippen LogP contribution in [0.2, 0.25) is 5.02 Å². The van der Waals surface area contributed by atoms with Crippen molar-refractivity contribution in [1.82, 2.24) is 10.2 Å². The SMILES string of the molecule is CSCC[C@@H](NC(=O)c1ccccc1Cl)C(=O)N(C)C[C@H]1COc2ccccc2O1. The van der Waals surface area contributed by atoms with Gasteiger partial charge in [0.2, 0.25) is 5.91 Å². The predicted octanol–water partition coefficient (Wildman–Crippen LogP) is 3.49. The van der Waals surface area contributed by atoms with E-state index in [1.54, 1.807) is 48.0 Å². The lowest BCUT2D eigenvalue weighted by Crippen LogP contribution is -2.50. The molecule has 0 bridgehead atoms. The van der Waals surface area contributed by atoms with E-state index in [0.717, 1.165) is 5.75 Å². The second kappa shape index (κ2) is 10.6. The van der Waals surface area contributed by atoms with Crippen LogP contribution in [0.5, 0.6) is 11.5 Å². The molecule has 8 heteroatoms. The molecule has 0 fully saturated rings. The average Bonchev–Trinajstić information content (AvgIpc) is 2.76. The van der Waals surface area contributed by atoms with Gasteiger partial charge >= 0.3 is 0 Å². The molecular formula is C22H25ClN2O4S. The van der Waals surface area contributed by atoms with E-state index in [0.29, 0.717) is 41.7 Å². The standard InChI is InChI=1S/C22H25ClN2O4S/c1-25(13-15-14-28-19-9-5-6-10-20(19)29-15)22(27)18(11-12-30-2)24-21(26)16-7-3-4-8-17(16)23/h3-10,15,18H,11-14H2,1-2H3,(H,24,26)/t15-,18+/m0/s1. The maximum atomic E-state index is 13.1. The van der Waals surface area contributed by atoms with Gasteiger partial charge in [-0.05, 0) is 42.7 Å². The summed E-state index contributed by atoms with van der Waals surface area (Å²) in [5.41, 5.74) is 0.351. The van der Waals surface area contributed by atoms with Crippen molar-refractivity contribution in [2.45, 2.75) is 18.6 Å². The molecule has 0 radical (unpaired) electrons. The van der Waals surface area contributed by atoms with Crippen LogP contribution in [0.3, 0.4) is 0 Å². The first kappa shape index (κ1) is 22.3. The van der Waals surface area contributed by atoms with Crippen LogP contribution >= 0.6 is 23.4 Å². The minimum atomic E-state index is -0.650. The summed E-state index contributed by atoms with van der Waals surface area (Å²) in [4.78, 5) is 27.4. The Hall–Kier alpha value is -2.38. The summed E-state index contributed by atoms with van der Waals surface area (Å²) in [5.74, 6) is 1.57. The van der Waals surface area contributed by atoms with Crippen molar-refractivity contribution in [1.29, 1.82) is 0 Å². The molecule has 1 aliphatic rings. The number of likely N-dealkylation sites (N-methyl/N-ethyl adjacent to an activating group) is 1. The van der Waals surface area contributed by atoms with Gasteiger partial charge < -0.3 is 19.7 Å². The molecule has 160 valence electrons. The van der Waals surface area contributed by atoms with Gasteiger partial charge in [0, 0.05) is 7.05 Å². The molecule has 0 unspecified atom stereocenters. The number of thioether (sulfide) groups is 1. The van der Waals surface area contributed by atoms with Gasteiger partial charge in [0.15, 0.2) is 17.6 Å². The lowest BCUT2D eigenvalue weighted by Gasteiger charge is -2.31. The van der Waals surface area contributed by atoms with E-state index >= 15 is 0 Å². The highest BCUT2D eigenvalue weighted by Gasteiger charge is 2.28. The van der Waals surface area contributed by atoms with Crippen molar-refractivity contribution >= 4 is 35.2 Å². The van der Waals surface area contributed by atoms with Crippen LogP contribution in [0.25, 0.3) is 0 Å². The smallest absolute Gasteiger partial charge is 0.253 e. The van der Waals surface area contributed by atoms with Gasteiger partial charge in [-0.1, -0.05) is 35.9 Å². The molecule has 6 nitrogen and oxygen atoms in total. The third-order valence-corrected chi connectivity index (χ3v) is 5.73. The van der Waals surface area contributed by atoms with Crippen LogP contribution in [0.1, 0.15) is 16.8 Å². The molecule has 0 saturated heterocycles. The molecule has 1 heterocycles. The summed E-state index contributed by atoms with van der Waals surface area (Å²) >= 11 is 7.75. The Bertz CT molecular complexity index is 895. The van der Waals surface area contributed by atoms with E-state index in [2.05, 4.69) is 5.32 Å². The van der Waals surface area contributed by atoms with Crippen molar-refractivity contribution in [3.8, 4) is 11.5 Å². The Morgan fingerprint density at radius 2 is 1.90 bits per heavy atom. The molecule has 1 aliphatic heterocycles. The van der Waals surface area contributed by atoms with Crippen molar-refractivity contribution in [3.63, 3.8) is 0 Å². The number of hydrogen-bond acceptors (Lipinski definition) is 5. The molecule has 2 atom stereocenters. The highest BCUT2D eigenvalue weighted by Crippen LogP contribution is 2.31. The molecular weight excluding hydrogens is 424 g/mol. The summed E-state index contributed by atoms with van der Waals surface area (Å²) in [6.45, 7) is 0.709. The quantitative estimate of drug-likeness (QED) is 0.669. The predicted molar refractivity (Wildman–Crippen MR) is 120 cm³/mol. The van der Waals surface area contributed by atoms with E-state index in [4.69, 9.17) is 21.1 Å². The number of carbonyl (C=O) groups is 2. The number of benzene rings is 2. The van der Waals surface area contributed by atoms with Gasteiger partial charge in [-0.25, -0.2) is 0 Å². The van der Waals surface area contributed by atoms with Gasteiger partial charge in [-0.15, -0.1) is 0 Å². The molecule has 30 heavy (non-hydrogen) atoms. The van der Waals surface area contributed by atoms with E-state index in [-0.39, 0.29) is 17.9 Å². The van der Waals surface area contributed by atoms with Crippen LogP contribution in [-0.4, -0.2) is 61.1 Å². The monoisotopic (exact) mass is 448 g/mol. The summed E-state index contributed by atoms with van der Waals surface area (Å²) < 4.78 is 11.7. The fourth-order valence-corrected chi connectivity index (χ4v) is 3.88. The second-order valence-corrected chi connectivity index (χ2v) is 8.40. The number of nitrogens with zero attached hydrogens (tertiary/aromatic N) is 1. The van der Waals surface area contributed by atoms with E-state index in [1.165, 1.54) is 0 Å². The van der Waals surface area contributed by atoms with Gasteiger partial charge in [0.25, 0.3) is 5.91 Å². The topological polar surface area (TPSA) is 67.9 Å². The summed E-state index contributed by atoms with van der Waals surface area (Å²) in [5, 5.41) is 3.20. The zero-order chi connectivity index (χ0) is 21.5. The third-order valence-electron chi connectivity index (χ3n) is 4.75. The summed E-state index contributed by atoms with van der Waals surface area (Å²) in [7, 11) is 1.71. The lowest BCUT2D eigenvalue weighted by atomic mass is 10.1. The Kier molecular flexibility index (Phi) is 7.87. The summed E-state index contributed by atoms with van der Waals surface area (Å²) in [6, 6.07) is 13.6. The minimum Gasteiger partial charge on any atom is -0.486 e. The average molecular weight is 449 g/mol. The van der Waals surface area contributed by atoms with Crippen molar-refractivity contribution in [2.24, 2.45) is 0 Å². The molecule has 0 saturated carbocycles. The van der Waals surface area contributed by atoms with Crippen LogP contribution in [0.15, 0.2) is 48.5 Å². The molecule has 2 aromatic rings. The molecule has 1 N–H and O–H groups in total. The highest BCUT2D eigenvalue weighted by molar-refractivity contribution is 7.98. The number of halogens is 1. The lowest BCUT2D eigenvalue weighted by molar-refractivity contribution is -0.133. The Labute approximate surface area is 185 Å². The van der Waals surface area contributed by atoms with E-state index in [9.17, 15) is 9.59 Å². The Morgan fingerprint density at radius 1 is 1.20 bits per heavy atom. The zero-order valence-corrected chi connectivity index (χ0v) is 18.5. The van der Waals surface area contributed by atoms with E-state index < -0.39 is 6.04 Å². The van der Waals surface area contributed by atoms with Crippen LogP contribution < -0.4 is 14.8 Å². The number of hydrogen-bond donors (Lipinski definition) is 1. The second-order valence-electron chi connectivity index (χ2n) is 7.00. The van der Waals surface area contributed by atoms with Crippen LogP contribution in [-0.2, 0) is 4.79 Å². The molecule has 0 aromatic heterocycles. The fourth-order valence-electron chi connectivity index (χ4n) is 3.19. The maximum absolute atomic E-state index is 13.1. The Balaban J connectivity index is 1.64. The number of amides is 2. The maximum Gasteiger partial charge on any atom is 0.253 e. The summed E-state index contributed by atoms with van der Waals surface area (Å²) in [6.07, 6.45) is 2.20. The molecule has 0 aliphatic carbocycles. The molecule has 3 rings (SSSR count). The normalized spacial score (nSPS) is 15.9. The minimum absolute atomic E-state index is 0.174. The third kappa shape index (κ3) is 5.61. The fraction of sp³-hybridized carbons (Fsp3) is 0.364. The first-order valence-corrected chi connectivity index (χ1v) is 11.4. The number of rotatable bonds is 8. The van der Waals surface area contributed by atoms with Crippen LogP contribution in [0.4, 0.5) is 0 Å². The van der Waals surface area contributed by atoms with Crippen molar-refractivity contribution in [2.75, 3.05) is 32.2 Å². The van der Waals surface area contributed by atoms with Gasteiger partial charge in [-0.3, -0.25) is 9.59 Å². The molecule has 2 aromatic carbocycles. The van der Waals surface area contributed by atoms with E-state index in [1.807, 2.05) is 30.5 Å². The van der Waals surface area contributed by atoms with Crippen LogP contribution in [0, 0.1) is 0 Å². The number of ether oxygens (including phenoxy) is 2. The number of carbonyl (C=O) groups excluding carboxylic acids is 2. The molecule has 0 spiro atoms. The number of fused-ring (bicyclic) bond motifs is 1. The molecule has 2 amide bonds. The van der Waals surface area contributed by atoms with Gasteiger partial charge in [-0.2, -0.15) is 11.8 Å². The highest BCUT2D eigenvalue weighted by atomic mass is 35.5. The largest absolute Gasteiger partial charge is 0.486 e. The van der Waals surface area contributed by atoms with Gasteiger partial charge in [0.1, 0.15) is 12.6 Å². The van der Waals surface area contributed by atoms with Crippen molar-refractivity contribution < 1.29 is 19.1 Å². The number of nitrogens with one attached hydrogen (secondary N) is 1. The Morgan fingerprint density at radius 3 is 2.63 bits per heavy atom. The first-order chi connectivity index (χ1) is 14.5.